The van der Waals surface area contributed by atoms with Crippen molar-refractivity contribution < 1.29 is 33.3 Å². The topological polar surface area (TPSA) is 143 Å². The summed E-state index contributed by atoms with van der Waals surface area (Å²) in [6.07, 6.45) is -1.93. The van der Waals surface area contributed by atoms with E-state index in [9.17, 15) is 24.0 Å². The van der Waals surface area contributed by atoms with Gasteiger partial charge in [-0.15, -0.1) is 0 Å². The molecule has 0 saturated carbocycles. The number of hydrogen-bond donors (Lipinski definition) is 1. The van der Waals surface area contributed by atoms with Crippen LogP contribution in [0.2, 0.25) is 0 Å². The molecule has 0 bridgehead atoms. The van der Waals surface area contributed by atoms with Gasteiger partial charge in [0.1, 0.15) is 12.7 Å². The lowest BCUT2D eigenvalue weighted by Crippen LogP contribution is -2.42. The highest BCUT2D eigenvalue weighted by Gasteiger charge is 2.51. The molecule has 1 aliphatic rings. The third-order valence-corrected chi connectivity index (χ3v) is 4.21. The number of ether oxygens (including phenoxy) is 4. The van der Waals surface area contributed by atoms with Gasteiger partial charge in [-0.1, -0.05) is 22.6 Å². The summed E-state index contributed by atoms with van der Waals surface area (Å²) < 4.78 is 23.8. The number of aromatic nitrogens is 2. The summed E-state index contributed by atoms with van der Waals surface area (Å²) >= 11 is 1.91. The lowest BCUT2D eigenvalue weighted by molar-refractivity contribution is -0.166. The molecule has 1 aromatic heterocycles. The van der Waals surface area contributed by atoms with Gasteiger partial charge in [-0.2, -0.15) is 0 Å². The average Bonchev–Trinajstić information content (AvgIpc) is 2.92. The fraction of sp³-hybridized carbons (Fsp3) is 0.471. The summed E-state index contributed by atoms with van der Waals surface area (Å²) in [5.41, 5.74) is -1.29. The molecule has 0 spiro atoms. The van der Waals surface area contributed by atoms with Crippen molar-refractivity contribution in [3.63, 3.8) is 0 Å². The number of nitrogens with one attached hydrogen (secondary N) is 1. The Kier molecular flexibility index (Phi) is 7.73. The van der Waals surface area contributed by atoms with Gasteiger partial charge in [0.05, 0.1) is 5.56 Å². The first-order valence-corrected chi connectivity index (χ1v) is 9.64. The van der Waals surface area contributed by atoms with E-state index in [4.69, 9.17) is 18.9 Å². The molecule has 1 aromatic rings. The van der Waals surface area contributed by atoms with E-state index in [0.717, 1.165) is 18.4 Å². The molecule has 0 unspecified atom stereocenters. The first kappa shape index (κ1) is 22.8. The van der Waals surface area contributed by atoms with E-state index in [-0.39, 0.29) is 12.2 Å². The highest BCUT2D eigenvalue weighted by molar-refractivity contribution is 14.1. The minimum absolute atomic E-state index is 0.150. The predicted molar refractivity (Wildman–Crippen MR) is 106 cm³/mol. The highest BCUT2D eigenvalue weighted by Crippen LogP contribution is 2.33. The molecule has 0 amide bonds. The van der Waals surface area contributed by atoms with Crippen molar-refractivity contribution in [2.45, 2.75) is 45.3 Å². The van der Waals surface area contributed by atoms with Gasteiger partial charge in [0.25, 0.3) is 5.56 Å². The Morgan fingerprint density at radius 1 is 1.14 bits per heavy atom. The van der Waals surface area contributed by atoms with Crippen LogP contribution in [0.15, 0.2) is 19.9 Å². The fourth-order valence-corrected chi connectivity index (χ4v) is 3.18. The number of carbonyl (C=O) groups excluding carboxylic acids is 3. The highest BCUT2D eigenvalue weighted by atomic mass is 127. The zero-order valence-electron chi connectivity index (χ0n) is 15.7. The summed E-state index contributed by atoms with van der Waals surface area (Å²) in [5, 5.41) is 0. The SMILES string of the molecule is CC(=O)OC[C@H]1O[C@@H](n2cc(C=CI)c(=O)[nH]c2=O)[C@H](OC(C)=O)[C@H]1OC(C)=O. The van der Waals surface area contributed by atoms with Crippen molar-refractivity contribution in [1.29, 1.82) is 0 Å². The fourth-order valence-electron chi connectivity index (χ4n) is 2.79. The minimum atomic E-state index is -1.24. The monoisotopic (exact) mass is 522 g/mol. The van der Waals surface area contributed by atoms with Crippen molar-refractivity contribution in [3.8, 4) is 0 Å². The minimum Gasteiger partial charge on any atom is -0.463 e. The number of esters is 3. The molecule has 2 heterocycles. The van der Waals surface area contributed by atoms with E-state index in [1.807, 2.05) is 22.6 Å². The number of rotatable bonds is 6. The lowest BCUT2D eigenvalue weighted by atomic mass is 10.1. The van der Waals surface area contributed by atoms with Crippen LogP contribution in [0.5, 0.6) is 0 Å². The van der Waals surface area contributed by atoms with Crippen LogP contribution in [-0.2, 0) is 33.3 Å². The molecule has 0 aliphatic carbocycles. The van der Waals surface area contributed by atoms with Crippen LogP contribution in [0.3, 0.4) is 0 Å². The maximum atomic E-state index is 12.4. The van der Waals surface area contributed by atoms with Gasteiger partial charge in [-0.05, 0) is 10.2 Å². The van der Waals surface area contributed by atoms with E-state index >= 15 is 0 Å². The standard InChI is InChI=1S/C17H19IN2O9/c1-8(21)26-7-12-13(27-9(2)22)14(28-10(3)23)16(29-12)20-6-11(4-5-18)15(24)19-17(20)25/h4-6,12-14,16H,7H2,1-3H3,(H,19,24,25)/t12-,13+,14-,16-/m1/s1. The van der Waals surface area contributed by atoms with Gasteiger partial charge in [-0.25, -0.2) is 4.79 Å². The molecule has 1 aliphatic heterocycles. The van der Waals surface area contributed by atoms with Gasteiger partial charge in [0.15, 0.2) is 18.4 Å². The zero-order chi connectivity index (χ0) is 21.7. The lowest BCUT2D eigenvalue weighted by Gasteiger charge is -2.24. The van der Waals surface area contributed by atoms with Crippen LogP contribution in [0.4, 0.5) is 0 Å². The molecule has 158 valence electrons. The summed E-state index contributed by atoms with van der Waals surface area (Å²) in [5.74, 6) is -2.00. The maximum Gasteiger partial charge on any atom is 0.330 e. The molecule has 0 aromatic carbocycles. The van der Waals surface area contributed by atoms with Gasteiger partial charge < -0.3 is 18.9 Å². The Bertz CT molecular complexity index is 936. The van der Waals surface area contributed by atoms with E-state index in [0.29, 0.717) is 0 Å². The van der Waals surface area contributed by atoms with E-state index in [1.165, 1.54) is 19.2 Å². The second-order valence-electron chi connectivity index (χ2n) is 6.06. The van der Waals surface area contributed by atoms with Crippen LogP contribution < -0.4 is 11.2 Å². The van der Waals surface area contributed by atoms with Crippen LogP contribution in [0.25, 0.3) is 6.08 Å². The van der Waals surface area contributed by atoms with Crippen LogP contribution in [0.1, 0.15) is 32.6 Å². The quantitative estimate of drug-likeness (QED) is 0.316. The summed E-state index contributed by atoms with van der Waals surface area (Å²) in [4.78, 5) is 60.8. The number of carbonyl (C=O) groups is 3. The third-order valence-electron chi connectivity index (χ3n) is 3.85. The summed E-state index contributed by atoms with van der Waals surface area (Å²) in [6.45, 7) is 3.17. The summed E-state index contributed by atoms with van der Waals surface area (Å²) in [6, 6.07) is 0. The Morgan fingerprint density at radius 3 is 2.31 bits per heavy atom. The van der Waals surface area contributed by atoms with Crippen molar-refractivity contribution in [2.75, 3.05) is 6.61 Å². The van der Waals surface area contributed by atoms with Crippen molar-refractivity contribution in [1.82, 2.24) is 9.55 Å². The normalized spacial score (nSPS) is 23.7. The summed E-state index contributed by atoms with van der Waals surface area (Å²) in [7, 11) is 0. The average molecular weight is 522 g/mol. The smallest absolute Gasteiger partial charge is 0.330 e. The first-order valence-electron chi connectivity index (χ1n) is 8.39. The molecular weight excluding hydrogens is 503 g/mol. The number of halogens is 1. The maximum absolute atomic E-state index is 12.4. The Morgan fingerprint density at radius 2 is 1.76 bits per heavy atom. The molecular formula is C17H19IN2O9. The van der Waals surface area contributed by atoms with Crippen LogP contribution in [0, 0.1) is 0 Å². The van der Waals surface area contributed by atoms with Crippen LogP contribution >= 0.6 is 22.6 Å². The van der Waals surface area contributed by atoms with Gasteiger partial charge in [-0.3, -0.25) is 28.7 Å². The molecule has 1 saturated heterocycles. The van der Waals surface area contributed by atoms with Gasteiger partial charge >= 0.3 is 23.6 Å². The first-order chi connectivity index (χ1) is 13.6. The number of nitrogens with zero attached hydrogens (tertiary/aromatic N) is 1. The number of H-pyrrole nitrogens is 1. The van der Waals surface area contributed by atoms with E-state index in [2.05, 4.69) is 4.98 Å². The van der Waals surface area contributed by atoms with Crippen LogP contribution in [-0.4, -0.2) is 52.4 Å². The van der Waals surface area contributed by atoms with Crippen molar-refractivity contribution in [2.24, 2.45) is 0 Å². The molecule has 1 N–H and O–H groups in total. The number of hydrogen-bond acceptors (Lipinski definition) is 9. The largest absolute Gasteiger partial charge is 0.463 e. The molecule has 29 heavy (non-hydrogen) atoms. The van der Waals surface area contributed by atoms with E-state index in [1.54, 1.807) is 4.08 Å². The molecule has 4 atom stereocenters. The second kappa shape index (κ2) is 9.82. The molecule has 0 radical (unpaired) electrons. The van der Waals surface area contributed by atoms with Crippen molar-refractivity contribution >= 4 is 46.6 Å². The van der Waals surface area contributed by atoms with Gasteiger partial charge in [0, 0.05) is 27.0 Å². The Balaban J connectivity index is 2.52. The third kappa shape index (κ3) is 5.76. The molecule has 2 rings (SSSR count). The predicted octanol–water partition coefficient (Wildman–Crippen LogP) is 0.266. The number of aromatic amines is 1. The Hall–Kier alpha value is -2.48. The van der Waals surface area contributed by atoms with Gasteiger partial charge in [0.2, 0.25) is 0 Å². The van der Waals surface area contributed by atoms with Crippen molar-refractivity contribution in [3.05, 3.63) is 36.7 Å². The van der Waals surface area contributed by atoms with E-state index < -0.39 is 53.7 Å². The molecule has 11 nitrogen and oxygen atoms in total. The second-order valence-corrected chi connectivity index (χ2v) is 6.78. The zero-order valence-corrected chi connectivity index (χ0v) is 17.9. The molecule has 1 fully saturated rings. The molecule has 12 heteroatoms. The Labute approximate surface area is 178 Å².